The number of piperidine rings is 1. The van der Waals surface area contributed by atoms with Crippen LogP contribution in [0.3, 0.4) is 0 Å². The van der Waals surface area contributed by atoms with Gasteiger partial charge in [-0.05, 0) is 64.0 Å². The third-order valence-corrected chi connectivity index (χ3v) is 5.20. The maximum absolute atomic E-state index is 9.83. The van der Waals surface area contributed by atoms with Crippen molar-refractivity contribution in [3.8, 4) is 35.4 Å². The minimum Gasteiger partial charge on any atom is -0.467 e. The zero-order valence-corrected chi connectivity index (χ0v) is 17.7. The Labute approximate surface area is 178 Å². The maximum Gasteiger partial charge on any atom is 0.189 e. The Bertz CT molecular complexity index is 977. The fourth-order valence-corrected chi connectivity index (χ4v) is 3.61. The Morgan fingerprint density at radius 1 is 1.37 bits per heavy atom. The number of likely N-dealkylation sites (tertiary alicyclic amines) is 1. The highest BCUT2D eigenvalue weighted by Crippen LogP contribution is 2.34. The van der Waals surface area contributed by atoms with E-state index in [0.717, 1.165) is 37.1 Å². The number of benzene rings is 1. The van der Waals surface area contributed by atoms with Gasteiger partial charge in [0.05, 0.1) is 0 Å². The Hall–Kier alpha value is -3.13. The van der Waals surface area contributed by atoms with Crippen molar-refractivity contribution in [2.45, 2.75) is 32.7 Å². The molecule has 1 N–H and O–H groups in total. The van der Waals surface area contributed by atoms with Gasteiger partial charge in [-0.1, -0.05) is 5.92 Å². The molecule has 1 aliphatic rings. The first-order chi connectivity index (χ1) is 14.6. The first-order valence-corrected chi connectivity index (χ1v) is 10.1. The van der Waals surface area contributed by atoms with Crippen LogP contribution < -0.4 is 10.1 Å². The number of hydrogen-bond donors (Lipinski definition) is 1. The first-order valence-electron chi connectivity index (χ1n) is 10.1. The van der Waals surface area contributed by atoms with Gasteiger partial charge in [0, 0.05) is 30.3 Å². The molecule has 2 aromatic rings. The Kier molecular flexibility index (Phi) is 7.24. The average molecular weight is 406 g/mol. The number of terminal acetylenes is 1. The highest BCUT2D eigenvalue weighted by Gasteiger charge is 2.22. The summed E-state index contributed by atoms with van der Waals surface area (Å²) < 4.78 is 11.1. The number of likely N-dealkylation sites (N-methyl/N-ethyl adjacent to an activating group) is 1. The number of nitrogens with one attached hydrogen (secondary N) is 1. The molecule has 1 aromatic heterocycles. The summed E-state index contributed by atoms with van der Waals surface area (Å²) in [7, 11) is 2.10. The van der Waals surface area contributed by atoms with E-state index >= 15 is 0 Å². The van der Waals surface area contributed by atoms with E-state index < -0.39 is 0 Å². The van der Waals surface area contributed by atoms with Crippen molar-refractivity contribution in [1.29, 1.82) is 5.26 Å². The van der Waals surface area contributed by atoms with E-state index in [0.29, 0.717) is 35.0 Å². The molecule has 0 spiro atoms. The lowest BCUT2D eigenvalue weighted by Crippen LogP contribution is -2.40. The fraction of sp³-hybridized carbons (Fsp3) is 0.435. The molecule has 1 saturated heterocycles. The third kappa shape index (κ3) is 4.88. The van der Waals surface area contributed by atoms with Crippen molar-refractivity contribution >= 4 is 5.82 Å². The predicted octanol–water partition coefficient (Wildman–Crippen LogP) is 3.18. The third-order valence-electron chi connectivity index (χ3n) is 5.20. The normalized spacial score (nSPS) is 16.5. The van der Waals surface area contributed by atoms with Crippen molar-refractivity contribution in [1.82, 2.24) is 15.1 Å². The van der Waals surface area contributed by atoms with Crippen molar-refractivity contribution in [3.63, 3.8) is 0 Å². The van der Waals surface area contributed by atoms with Crippen LogP contribution in [0, 0.1) is 30.6 Å². The molecule has 0 bridgehead atoms. The maximum atomic E-state index is 9.83. The van der Waals surface area contributed by atoms with E-state index in [2.05, 4.69) is 39.5 Å². The van der Waals surface area contributed by atoms with E-state index in [1.165, 1.54) is 0 Å². The van der Waals surface area contributed by atoms with Gasteiger partial charge in [-0.25, -0.2) is 0 Å². The Morgan fingerprint density at radius 2 is 2.20 bits per heavy atom. The molecule has 30 heavy (non-hydrogen) atoms. The fourth-order valence-electron chi connectivity index (χ4n) is 3.61. The van der Waals surface area contributed by atoms with E-state index in [-0.39, 0.29) is 12.8 Å². The van der Waals surface area contributed by atoms with Gasteiger partial charge >= 0.3 is 0 Å². The summed E-state index contributed by atoms with van der Waals surface area (Å²) in [6, 6.07) is 7.97. The van der Waals surface area contributed by atoms with Crippen LogP contribution in [0.1, 0.15) is 36.5 Å². The number of aromatic nitrogens is 2. The van der Waals surface area contributed by atoms with Crippen LogP contribution in [0.25, 0.3) is 11.3 Å². The van der Waals surface area contributed by atoms with Gasteiger partial charge in [0.1, 0.15) is 23.1 Å². The average Bonchev–Trinajstić information content (AvgIpc) is 2.74. The lowest BCUT2D eigenvalue weighted by Gasteiger charge is -2.30. The van der Waals surface area contributed by atoms with E-state index in [4.69, 9.17) is 15.9 Å². The number of anilines is 1. The molecule has 0 aliphatic carbocycles. The van der Waals surface area contributed by atoms with Gasteiger partial charge in [-0.3, -0.25) is 0 Å². The molecule has 1 aliphatic heterocycles. The molecule has 1 aromatic carbocycles. The molecular formula is C23H27N5O2. The number of nitrogens with zero attached hydrogens (tertiary/aromatic N) is 4. The smallest absolute Gasteiger partial charge is 0.189 e. The highest BCUT2D eigenvalue weighted by molar-refractivity contribution is 5.74. The van der Waals surface area contributed by atoms with Crippen molar-refractivity contribution < 1.29 is 9.47 Å². The van der Waals surface area contributed by atoms with Gasteiger partial charge in [-0.15, -0.1) is 16.6 Å². The zero-order chi connectivity index (χ0) is 21.5. The van der Waals surface area contributed by atoms with E-state index in [9.17, 15) is 5.26 Å². The summed E-state index contributed by atoms with van der Waals surface area (Å²) in [5, 5.41) is 22.0. The molecule has 0 saturated carbocycles. The van der Waals surface area contributed by atoms with Crippen LogP contribution in [-0.4, -0.2) is 54.7 Å². The van der Waals surface area contributed by atoms with Crippen LogP contribution in [-0.2, 0) is 4.74 Å². The molecule has 156 valence electrons. The van der Waals surface area contributed by atoms with Gasteiger partial charge in [0.2, 0.25) is 0 Å². The molecular weight excluding hydrogens is 378 g/mol. The molecule has 0 unspecified atom stereocenters. The number of ether oxygens (including phenoxy) is 2. The molecule has 2 heterocycles. The second-order valence-corrected chi connectivity index (χ2v) is 7.37. The molecule has 0 amide bonds. The minimum absolute atomic E-state index is 0.101. The predicted molar refractivity (Wildman–Crippen MR) is 116 cm³/mol. The second kappa shape index (κ2) is 10.1. The molecule has 7 heteroatoms. The summed E-state index contributed by atoms with van der Waals surface area (Å²) in [6.07, 6.45) is 7.69. The summed E-state index contributed by atoms with van der Waals surface area (Å²) in [5.74, 6) is 3.68. The summed E-state index contributed by atoms with van der Waals surface area (Å²) in [5.41, 5.74) is 3.24. The molecule has 1 atom stereocenters. The Morgan fingerprint density at radius 3 is 2.90 bits per heavy atom. The van der Waals surface area contributed by atoms with E-state index in [1.54, 1.807) is 6.07 Å². The monoisotopic (exact) mass is 405 g/mol. The number of nitriles is 1. The second-order valence-electron chi connectivity index (χ2n) is 7.37. The van der Waals surface area contributed by atoms with Crippen LogP contribution in [0.15, 0.2) is 18.2 Å². The summed E-state index contributed by atoms with van der Waals surface area (Å²) in [6.45, 7) is 6.42. The lowest BCUT2D eigenvalue weighted by atomic mass is 10.0. The van der Waals surface area contributed by atoms with Crippen molar-refractivity contribution in [3.05, 3.63) is 34.9 Å². The van der Waals surface area contributed by atoms with Gasteiger partial charge in [-0.2, -0.15) is 5.26 Å². The standard InChI is InChI=1S/C23H27N5O2/c1-5-17-9-10-19(21(12-17)30-15-29-6-2)22-16(3)20(13-24)23(27-26-22)25-18-8-7-11-28(4)14-18/h1,9-10,12,18H,6-8,11,14-15H2,2-4H3,(H,25,27)/t18-/m1/s1. The molecule has 0 radical (unpaired) electrons. The summed E-state index contributed by atoms with van der Waals surface area (Å²) in [4.78, 5) is 2.27. The topological polar surface area (TPSA) is 83.3 Å². The molecule has 3 rings (SSSR count). The van der Waals surface area contributed by atoms with Crippen molar-refractivity contribution in [2.24, 2.45) is 0 Å². The van der Waals surface area contributed by atoms with Crippen LogP contribution in [0.2, 0.25) is 0 Å². The first kappa shape index (κ1) is 21.6. The van der Waals surface area contributed by atoms with Crippen molar-refractivity contribution in [2.75, 3.05) is 38.9 Å². The minimum atomic E-state index is 0.101. The molecule has 7 nitrogen and oxygen atoms in total. The summed E-state index contributed by atoms with van der Waals surface area (Å²) >= 11 is 0. The number of rotatable bonds is 7. The van der Waals surface area contributed by atoms with E-state index in [1.807, 2.05) is 26.0 Å². The van der Waals surface area contributed by atoms with Gasteiger partial charge in [0.25, 0.3) is 0 Å². The highest BCUT2D eigenvalue weighted by atomic mass is 16.7. The lowest BCUT2D eigenvalue weighted by molar-refractivity contribution is 0.0227. The van der Waals surface area contributed by atoms with Crippen LogP contribution in [0.5, 0.6) is 5.75 Å². The largest absolute Gasteiger partial charge is 0.467 e. The SMILES string of the molecule is C#Cc1ccc(-c2nnc(N[C@@H]3CCCN(C)C3)c(C#N)c2C)c(OCOCC)c1. The van der Waals surface area contributed by atoms with Crippen LogP contribution >= 0.6 is 0 Å². The zero-order valence-electron chi connectivity index (χ0n) is 17.7. The van der Waals surface area contributed by atoms with Gasteiger partial charge < -0.3 is 19.7 Å². The quantitative estimate of drug-likeness (QED) is 0.430. The molecule has 1 fully saturated rings. The van der Waals surface area contributed by atoms with Gasteiger partial charge in [0.15, 0.2) is 12.6 Å². The Balaban J connectivity index is 1.95. The number of hydrogen-bond acceptors (Lipinski definition) is 7. The van der Waals surface area contributed by atoms with Crippen LogP contribution in [0.4, 0.5) is 5.82 Å².